The fourth-order valence-electron chi connectivity index (χ4n) is 1.78. The first-order valence-electron chi connectivity index (χ1n) is 6.74. The summed E-state index contributed by atoms with van der Waals surface area (Å²) in [5.41, 5.74) is 0.864. The van der Waals surface area contributed by atoms with Crippen LogP contribution in [0.1, 0.15) is 44.7 Å². The molecule has 1 aromatic rings. The number of carboxylic acids is 1. The summed E-state index contributed by atoms with van der Waals surface area (Å²) in [5, 5.41) is 14.2. The molecule has 0 saturated heterocycles. The largest absolute Gasteiger partial charge is 0.480 e. The quantitative estimate of drug-likeness (QED) is 0.712. The minimum Gasteiger partial charge on any atom is -0.480 e. The van der Waals surface area contributed by atoms with E-state index < -0.39 is 18.0 Å². The van der Waals surface area contributed by atoms with Crippen molar-refractivity contribution in [1.29, 1.82) is 0 Å². The first-order valence-corrected chi connectivity index (χ1v) is 6.74. The summed E-state index contributed by atoms with van der Waals surface area (Å²) in [4.78, 5) is 26.8. The van der Waals surface area contributed by atoms with Crippen molar-refractivity contribution < 1.29 is 14.7 Å². The van der Waals surface area contributed by atoms with E-state index in [1.165, 1.54) is 0 Å². The number of aliphatic carboxylic acids is 1. The highest BCUT2D eigenvalue weighted by Crippen LogP contribution is 2.09. The van der Waals surface area contributed by atoms with Gasteiger partial charge in [0, 0.05) is 12.4 Å². The van der Waals surface area contributed by atoms with E-state index in [1.54, 1.807) is 18.5 Å². The lowest BCUT2D eigenvalue weighted by Crippen LogP contribution is -2.46. The van der Waals surface area contributed by atoms with Gasteiger partial charge in [-0.25, -0.2) is 9.59 Å². The van der Waals surface area contributed by atoms with Crippen LogP contribution in [0.5, 0.6) is 0 Å². The van der Waals surface area contributed by atoms with Crippen LogP contribution in [0.25, 0.3) is 0 Å². The van der Waals surface area contributed by atoms with Crippen molar-refractivity contribution in [2.24, 2.45) is 0 Å². The Morgan fingerprint density at radius 3 is 2.70 bits per heavy atom. The maximum absolute atomic E-state index is 11.8. The number of pyridine rings is 1. The maximum Gasteiger partial charge on any atom is 0.326 e. The van der Waals surface area contributed by atoms with Gasteiger partial charge in [0.2, 0.25) is 0 Å². The first-order chi connectivity index (χ1) is 9.54. The van der Waals surface area contributed by atoms with Crippen molar-refractivity contribution in [3.8, 4) is 0 Å². The number of hydrogen-bond acceptors (Lipinski definition) is 3. The number of carboxylic acid groups (broad SMARTS) is 1. The lowest BCUT2D eigenvalue weighted by molar-refractivity contribution is -0.139. The van der Waals surface area contributed by atoms with E-state index in [1.807, 2.05) is 19.9 Å². The number of carbonyl (C=O) groups excluding carboxylic acids is 1. The van der Waals surface area contributed by atoms with Gasteiger partial charge in [0.25, 0.3) is 0 Å². The van der Waals surface area contributed by atoms with Gasteiger partial charge in [0.05, 0.1) is 6.04 Å². The van der Waals surface area contributed by atoms with Gasteiger partial charge in [-0.3, -0.25) is 4.98 Å². The minimum absolute atomic E-state index is 0.232. The van der Waals surface area contributed by atoms with E-state index in [9.17, 15) is 9.59 Å². The van der Waals surface area contributed by atoms with Crippen molar-refractivity contribution in [2.75, 3.05) is 0 Å². The third kappa shape index (κ3) is 5.26. The van der Waals surface area contributed by atoms with Crippen molar-refractivity contribution in [1.82, 2.24) is 15.6 Å². The highest BCUT2D eigenvalue weighted by Gasteiger charge is 2.20. The van der Waals surface area contributed by atoms with Gasteiger partial charge in [-0.05, 0) is 25.0 Å². The highest BCUT2D eigenvalue weighted by molar-refractivity contribution is 5.82. The number of nitrogens with zero attached hydrogens (tertiary/aromatic N) is 1. The Labute approximate surface area is 118 Å². The Morgan fingerprint density at radius 1 is 1.40 bits per heavy atom. The van der Waals surface area contributed by atoms with Gasteiger partial charge in [-0.1, -0.05) is 25.8 Å². The van der Waals surface area contributed by atoms with Crippen LogP contribution in [-0.2, 0) is 4.79 Å². The summed E-state index contributed by atoms with van der Waals surface area (Å²) < 4.78 is 0. The average Bonchev–Trinajstić information content (AvgIpc) is 2.44. The van der Waals surface area contributed by atoms with E-state index in [0.717, 1.165) is 18.4 Å². The Bertz CT molecular complexity index is 437. The fourth-order valence-corrected chi connectivity index (χ4v) is 1.78. The Kier molecular flexibility index (Phi) is 6.49. The second-order valence-electron chi connectivity index (χ2n) is 4.66. The molecular weight excluding hydrogens is 258 g/mol. The summed E-state index contributed by atoms with van der Waals surface area (Å²) >= 11 is 0. The zero-order valence-electron chi connectivity index (χ0n) is 11.8. The van der Waals surface area contributed by atoms with Crippen LogP contribution in [0.4, 0.5) is 4.79 Å². The Balaban J connectivity index is 2.51. The lowest BCUT2D eigenvalue weighted by Gasteiger charge is -2.18. The standard InChI is InChI=1S/C14H21N3O3/c1-3-4-7-12(13(18)19)17-14(20)16-10(2)11-6-5-8-15-9-11/h5-6,8-10,12H,3-4,7H2,1-2H3,(H,18,19)(H2,16,17,20)/t10?,12-/m0/s1. The van der Waals surface area contributed by atoms with Crippen LogP contribution in [0.2, 0.25) is 0 Å². The number of amides is 2. The Hall–Kier alpha value is -2.11. The minimum atomic E-state index is -1.01. The summed E-state index contributed by atoms with van der Waals surface area (Å²) in [7, 11) is 0. The van der Waals surface area contributed by atoms with Crippen molar-refractivity contribution in [3.63, 3.8) is 0 Å². The third-order valence-corrected chi connectivity index (χ3v) is 2.98. The zero-order chi connectivity index (χ0) is 15.0. The number of hydrogen-bond donors (Lipinski definition) is 3. The van der Waals surface area contributed by atoms with E-state index in [2.05, 4.69) is 15.6 Å². The molecular formula is C14H21N3O3. The van der Waals surface area contributed by atoms with Crippen LogP contribution in [-0.4, -0.2) is 28.1 Å². The van der Waals surface area contributed by atoms with Crippen LogP contribution < -0.4 is 10.6 Å². The second-order valence-corrected chi connectivity index (χ2v) is 4.66. The summed E-state index contributed by atoms with van der Waals surface area (Å²) in [6, 6.07) is 2.07. The van der Waals surface area contributed by atoms with Crippen LogP contribution >= 0.6 is 0 Å². The molecule has 2 amide bonds. The molecule has 2 atom stereocenters. The molecule has 0 fully saturated rings. The van der Waals surface area contributed by atoms with Crippen molar-refractivity contribution in [3.05, 3.63) is 30.1 Å². The number of carbonyl (C=O) groups is 2. The topological polar surface area (TPSA) is 91.3 Å². The molecule has 0 spiro atoms. The predicted octanol–water partition coefficient (Wildman–Crippen LogP) is 2.09. The zero-order valence-corrected chi connectivity index (χ0v) is 11.8. The molecule has 1 aromatic heterocycles. The molecule has 20 heavy (non-hydrogen) atoms. The monoisotopic (exact) mass is 279 g/mol. The van der Waals surface area contributed by atoms with Gasteiger partial charge in [0.1, 0.15) is 6.04 Å². The predicted molar refractivity (Wildman–Crippen MR) is 75.3 cm³/mol. The van der Waals surface area contributed by atoms with Crippen molar-refractivity contribution in [2.45, 2.75) is 45.2 Å². The van der Waals surface area contributed by atoms with Gasteiger partial charge in [0.15, 0.2) is 0 Å². The molecule has 110 valence electrons. The molecule has 1 heterocycles. The summed E-state index contributed by atoms with van der Waals surface area (Å²) in [5.74, 6) is -1.01. The number of urea groups is 1. The normalized spacial score (nSPS) is 13.3. The van der Waals surface area contributed by atoms with Crippen LogP contribution in [0, 0.1) is 0 Å². The number of rotatable bonds is 7. The highest BCUT2D eigenvalue weighted by atomic mass is 16.4. The van der Waals surface area contributed by atoms with Gasteiger partial charge >= 0.3 is 12.0 Å². The fraction of sp³-hybridized carbons (Fsp3) is 0.500. The molecule has 6 heteroatoms. The molecule has 0 aliphatic rings. The molecule has 0 saturated carbocycles. The van der Waals surface area contributed by atoms with E-state index in [4.69, 9.17) is 5.11 Å². The van der Waals surface area contributed by atoms with Crippen LogP contribution in [0.3, 0.4) is 0 Å². The number of unbranched alkanes of at least 4 members (excludes halogenated alkanes) is 1. The molecule has 1 rings (SSSR count). The van der Waals surface area contributed by atoms with E-state index in [0.29, 0.717) is 6.42 Å². The lowest BCUT2D eigenvalue weighted by atomic mass is 10.1. The van der Waals surface area contributed by atoms with Gasteiger partial charge in [-0.2, -0.15) is 0 Å². The van der Waals surface area contributed by atoms with Crippen LogP contribution in [0.15, 0.2) is 24.5 Å². The average molecular weight is 279 g/mol. The smallest absolute Gasteiger partial charge is 0.326 e. The third-order valence-electron chi connectivity index (χ3n) is 2.98. The molecule has 0 aromatic carbocycles. The second kappa shape index (κ2) is 8.14. The molecule has 0 radical (unpaired) electrons. The SMILES string of the molecule is CCCC[C@H](NC(=O)NC(C)c1cccnc1)C(=O)O. The Morgan fingerprint density at radius 2 is 2.15 bits per heavy atom. The van der Waals surface area contributed by atoms with Gasteiger partial charge in [-0.15, -0.1) is 0 Å². The number of nitrogens with one attached hydrogen (secondary N) is 2. The molecule has 1 unspecified atom stereocenters. The molecule has 0 aliphatic heterocycles. The van der Waals surface area contributed by atoms with Gasteiger partial charge < -0.3 is 15.7 Å². The summed E-state index contributed by atoms with van der Waals surface area (Å²) in [6.07, 6.45) is 5.40. The first kappa shape index (κ1) is 15.9. The number of aromatic nitrogens is 1. The van der Waals surface area contributed by atoms with E-state index in [-0.39, 0.29) is 6.04 Å². The summed E-state index contributed by atoms with van der Waals surface area (Å²) in [6.45, 7) is 3.79. The molecule has 0 bridgehead atoms. The molecule has 6 nitrogen and oxygen atoms in total. The molecule has 3 N–H and O–H groups in total. The maximum atomic E-state index is 11.8. The molecule has 0 aliphatic carbocycles. The van der Waals surface area contributed by atoms with Crippen molar-refractivity contribution >= 4 is 12.0 Å². The van der Waals surface area contributed by atoms with E-state index >= 15 is 0 Å².